The van der Waals surface area contributed by atoms with Crippen molar-refractivity contribution in [1.29, 1.82) is 0 Å². The van der Waals surface area contributed by atoms with E-state index in [1.54, 1.807) is 27.7 Å². The fraction of sp³-hybridized carbons (Fsp3) is 1.00. The molecule has 0 atom stereocenters. The van der Waals surface area contributed by atoms with Gasteiger partial charge in [0.25, 0.3) is 0 Å². The third kappa shape index (κ3) is 14.5. The van der Waals surface area contributed by atoms with Crippen LogP contribution in [0.1, 0.15) is 54.9 Å². The Morgan fingerprint density at radius 2 is 1.07 bits per heavy atom. The smallest absolute Gasteiger partial charge is 0.0872 e. The van der Waals surface area contributed by atoms with E-state index in [9.17, 15) is 0 Å². The first kappa shape index (κ1) is 19.5. The van der Waals surface area contributed by atoms with Crippen LogP contribution in [0.5, 0.6) is 0 Å². The molecule has 0 amide bonds. The van der Waals surface area contributed by atoms with Crippen molar-refractivity contribution in [2.75, 3.05) is 0 Å². The Morgan fingerprint density at radius 1 is 0.929 bits per heavy atom. The number of hydrogen-bond acceptors (Lipinski definition) is 2. The minimum absolute atomic E-state index is 0.819. The molecule has 0 rings (SSSR count). The molecule has 0 aromatic heterocycles. The van der Waals surface area contributed by atoms with Crippen molar-refractivity contribution in [3.05, 3.63) is 0 Å². The van der Waals surface area contributed by atoms with Gasteiger partial charge in [-0.05, 0) is 27.7 Å². The molecule has 0 saturated heterocycles. The molecule has 0 heterocycles. The highest BCUT2D eigenvalue weighted by Crippen LogP contribution is 2.19. The van der Waals surface area contributed by atoms with Crippen LogP contribution >= 0.6 is 0 Å². The summed E-state index contributed by atoms with van der Waals surface area (Å²) in [5.41, 5.74) is -2.01. The molecule has 0 bridgehead atoms. The standard InChI is InChI=1S/C6H14O2.C3H7B.C2H6/c1-5(2,7)6(3,4)8;1-2-3-4;1-2/h7-8H,1-4H3;2-3H2,1H3;1-2H3. The number of rotatable bonds is 2. The van der Waals surface area contributed by atoms with Crippen molar-refractivity contribution in [2.24, 2.45) is 0 Å². The molecule has 0 aliphatic rings. The highest BCUT2D eigenvalue weighted by molar-refractivity contribution is 6.08. The first-order valence-corrected chi connectivity index (χ1v) is 5.31. The van der Waals surface area contributed by atoms with Gasteiger partial charge in [0, 0.05) is 0 Å². The van der Waals surface area contributed by atoms with Crippen molar-refractivity contribution in [2.45, 2.75) is 72.4 Å². The van der Waals surface area contributed by atoms with Crippen LogP contribution in [0.4, 0.5) is 0 Å². The summed E-state index contributed by atoms with van der Waals surface area (Å²) in [5.74, 6) is 0. The second-order valence-corrected chi connectivity index (χ2v) is 3.91. The first-order chi connectivity index (χ1) is 6.16. The van der Waals surface area contributed by atoms with Gasteiger partial charge in [-0.25, -0.2) is 0 Å². The molecule has 0 fully saturated rings. The average molecular weight is 202 g/mol. The maximum absolute atomic E-state index is 9.10. The second kappa shape index (κ2) is 9.54. The van der Waals surface area contributed by atoms with Gasteiger partial charge < -0.3 is 10.2 Å². The Labute approximate surface area is 91.1 Å². The molecule has 0 aromatic rings. The average Bonchev–Trinajstić information content (AvgIpc) is 2.05. The van der Waals surface area contributed by atoms with Crippen molar-refractivity contribution in [3.8, 4) is 0 Å². The Bertz CT molecular complexity index is 86.8. The fourth-order valence-corrected chi connectivity index (χ4v) is 0. The molecule has 2 radical (unpaired) electrons. The van der Waals surface area contributed by atoms with E-state index in [-0.39, 0.29) is 0 Å². The zero-order chi connectivity index (χ0) is 12.4. The summed E-state index contributed by atoms with van der Waals surface area (Å²) in [4.78, 5) is 0. The van der Waals surface area contributed by atoms with E-state index in [1.807, 2.05) is 13.8 Å². The lowest BCUT2D eigenvalue weighted by atomic mass is 9.90. The molecular weight excluding hydrogens is 175 g/mol. The van der Waals surface area contributed by atoms with E-state index in [0.29, 0.717) is 0 Å². The Balaban J connectivity index is -0.000000170. The van der Waals surface area contributed by atoms with Gasteiger partial charge in [0.1, 0.15) is 0 Å². The monoisotopic (exact) mass is 202 g/mol. The summed E-state index contributed by atoms with van der Waals surface area (Å²) >= 11 is 0. The third-order valence-corrected chi connectivity index (χ3v) is 1.79. The van der Waals surface area contributed by atoms with Gasteiger partial charge in [-0.2, -0.15) is 0 Å². The summed E-state index contributed by atoms with van der Waals surface area (Å²) in [5, 5.41) is 18.2. The first-order valence-electron chi connectivity index (χ1n) is 5.31. The quantitative estimate of drug-likeness (QED) is 0.675. The Kier molecular flexibility index (Phi) is 13.3. The van der Waals surface area contributed by atoms with Crippen molar-refractivity contribution < 1.29 is 10.2 Å². The number of hydrogen-bond donors (Lipinski definition) is 2. The largest absolute Gasteiger partial charge is 0.387 e. The van der Waals surface area contributed by atoms with E-state index in [0.717, 1.165) is 12.7 Å². The van der Waals surface area contributed by atoms with Gasteiger partial charge in [0.2, 0.25) is 0 Å². The molecule has 14 heavy (non-hydrogen) atoms. The Hall–Kier alpha value is -0.0151. The minimum atomic E-state index is -1.01. The lowest BCUT2D eigenvalue weighted by molar-refractivity contribution is -0.107. The molecule has 2 nitrogen and oxygen atoms in total. The highest BCUT2D eigenvalue weighted by atomic mass is 16.3. The van der Waals surface area contributed by atoms with Gasteiger partial charge in [0.15, 0.2) is 0 Å². The highest BCUT2D eigenvalue weighted by Gasteiger charge is 2.31. The van der Waals surface area contributed by atoms with Gasteiger partial charge in [-0.15, -0.1) is 0 Å². The molecule has 2 N–H and O–H groups in total. The van der Waals surface area contributed by atoms with Crippen LogP contribution in [0.25, 0.3) is 0 Å². The van der Waals surface area contributed by atoms with Crippen LogP contribution in [0.2, 0.25) is 6.32 Å². The predicted octanol–water partition coefficient (Wildman–Crippen LogP) is 2.54. The summed E-state index contributed by atoms with van der Waals surface area (Å²) in [6.45, 7) is 12.4. The molecule has 0 spiro atoms. The molecule has 0 unspecified atom stereocenters. The van der Waals surface area contributed by atoms with E-state index in [1.165, 1.54) is 0 Å². The topological polar surface area (TPSA) is 40.5 Å². The van der Waals surface area contributed by atoms with E-state index in [2.05, 4.69) is 6.92 Å². The van der Waals surface area contributed by atoms with Crippen molar-refractivity contribution in [3.63, 3.8) is 0 Å². The van der Waals surface area contributed by atoms with Crippen LogP contribution in [-0.2, 0) is 0 Å². The van der Waals surface area contributed by atoms with Gasteiger partial charge in [-0.3, -0.25) is 0 Å². The second-order valence-electron chi connectivity index (χ2n) is 3.91. The zero-order valence-electron chi connectivity index (χ0n) is 10.9. The molecule has 0 aliphatic heterocycles. The summed E-state index contributed by atoms with van der Waals surface area (Å²) in [6, 6.07) is 0. The van der Waals surface area contributed by atoms with E-state index in [4.69, 9.17) is 18.1 Å². The van der Waals surface area contributed by atoms with Gasteiger partial charge in [-0.1, -0.05) is 33.5 Å². The lowest BCUT2D eigenvalue weighted by Crippen LogP contribution is -2.44. The lowest BCUT2D eigenvalue weighted by Gasteiger charge is -2.31. The van der Waals surface area contributed by atoms with Crippen LogP contribution in [0, 0.1) is 0 Å². The SMILES string of the molecule is CC.CC(C)(O)C(C)(C)O.[B]CCC. The van der Waals surface area contributed by atoms with Crippen LogP contribution in [0.15, 0.2) is 0 Å². The van der Waals surface area contributed by atoms with E-state index < -0.39 is 11.2 Å². The van der Waals surface area contributed by atoms with Crippen molar-refractivity contribution in [1.82, 2.24) is 0 Å². The molecule has 0 aromatic carbocycles. The summed E-state index contributed by atoms with van der Waals surface area (Å²) in [6.07, 6.45) is 1.92. The van der Waals surface area contributed by atoms with Crippen LogP contribution < -0.4 is 0 Å². The number of aliphatic hydroxyl groups is 2. The molecule has 0 aliphatic carbocycles. The molecule has 86 valence electrons. The van der Waals surface area contributed by atoms with Crippen LogP contribution in [-0.4, -0.2) is 29.3 Å². The molecule has 3 heteroatoms. The Morgan fingerprint density at radius 3 is 1.07 bits per heavy atom. The fourth-order valence-electron chi connectivity index (χ4n) is 0. The van der Waals surface area contributed by atoms with Crippen molar-refractivity contribution >= 4 is 7.85 Å². The van der Waals surface area contributed by atoms with Crippen LogP contribution in [0.3, 0.4) is 0 Å². The molecule has 0 saturated carbocycles. The maximum Gasteiger partial charge on any atom is 0.0872 e. The summed E-state index contributed by atoms with van der Waals surface area (Å²) in [7, 11) is 5.03. The normalized spacial score (nSPS) is 10.6. The van der Waals surface area contributed by atoms with Gasteiger partial charge >= 0.3 is 0 Å². The van der Waals surface area contributed by atoms with Gasteiger partial charge in [0.05, 0.1) is 19.0 Å². The summed E-state index contributed by atoms with van der Waals surface area (Å²) < 4.78 is 0. The molecular formula is C11H27BO2. The maximum atomic E-state index is 9.10. The zero-order valence-corrected chi connectivity index (χ0v) is 10.9. The third-order valence-electron chi connectivity index (χ3n) is 1.79. The predicted molar refractivity (Wildman–Crippen MR) is 64.8 cm³/mol. The minimum Gasteiger partial charge on any atom is -0.387 e. The van der Waals surface area contributed by atoms with E-state index >= 15 is 0 Å².